The lowest BCUT2D eigenvalue weighted by Crippen LogP contribution is -2.35. The van der Waals surface area contributed by atoms with Crippen molar-refractivity contribution in [2.75, 3.05) is 20.1 Å². The molecule has 130 valence electrons. The number of aromatic nitrogens is 1. The van der Waals surface area contributed by atoms with Crippen LogP contribution in [0.4, 0.5) is 0 Å². The van der Waals surface area contributed by atoms with Crippen LogP contribution in [0.2, 0.25) is 0 Å². The Balaban J connectivity index is 1.71. The minimum Gasteiger partial charge on any atom is -0.339 e. The second-order valence-corrected chi connectivity index (χ2v) is 6.46. The Bertz CT molecular complexity index is 740. The number of hydrogen-bond acceptors (Lipinski definition) is 3. The largest absolute Gasteiger partial charge is 0.339 e. The number of amides is 2. The molecule has 0 saturated carbocycles. The molecule has 0 bridgehead atoms. The predicted molar refractivity (Wildman–Crippen MR) is 96.2 cm³/mol. The Morgan fingerprint density at radius 1 is 1.04 bits per heavy atom. The van der Waals surface area contributed by atoms with Gasteiger partial charge in [0.2, 0.25) is 0 Å². The van der Waals surface area contributed by atoms with Crippen LogP contribution < -0.4 is 0 Å². The number of rotatable bonds is 4. The van der Waals surface area contributed by atoms with Gasteiger partial charge in [-0.2, -0.15) is 0 Å². The normalized spacial score (nSPS) is 14.2. The number of pyridine rings is 1. The maximum Gasteiger partial charge on any atom is 0.255 e. The van der Waals surface area contributed by atoms with E-state index < -0.39 is 0 Å². The molecule has 0 N–H and O–H groups in total. The van der Waals surface area contributed by atoms with Crippen LogP contribution in [0.25, 0.3) is 0 Å². The second-order valence-electron chi connectivity index (χ2n) is 6.46. The van der Waals surface area contributed by atoms with Gasteiger partial charge in [-0.1, -0.05) is 30.3 Å². The summed E-state index contributed by atoms with van der Waals surface area (Å²) in [4.78, 5) is 32.9. The highest BCUT2D eigenvalue weighted by atomic mass is 16.2. The summed E-state index contributed by atoms with van der Waals surface area (Å²) in [5.41, 5.74) is 1.99. The lowest BCUT2D eigenvalue weighted by molar-refractivity contribution is 0.0724. The number of carbonyl (C=O) groups is 2. The van der Waals surface area contributed by atoms with Crippen molar-refractivity contribution in [2.24, 2.45) is 0 Å². The first-order valence-electron chi connectivity index (χ1n) is 8.69. The van der Waals surface area contributed by atoms with E-state index in [-0.39, 0.29) is 11.8 Å². The van der Waals surface area contributed by atoms with Crippen molar-refractivity contribution in [3.63, 3.8) is 0 Å². The van der Waals surface area contributed by atoms with Crippen LogP contribution in [-0.2, 0) is 6.54 Å². The Morgan fingerprint density at radius 2 is 1.72 bits per heavy atom. The van der Waals surface area contributed by atoms with Crippen molar-refractivity contribution in [2.45, 2.75) is 25.8 Å². The van der Waals surface area contributed by atoms with Crippen LogP contribution in [0.1, 0.15) is 45.5 Å². The summed E-state index contributed by atoms with van der Waals surface area (Å²) in [5.74, 6) is -0.169. The van der Waals surface area contributed by atoms with E-state index in [1.807, 2.05) is 35.2 Å². The average molecular weight is 337 g/mol. The summed E-state index contributed by atoms with van der Waals surface area (Å²) in [6, 6.07) is 11.5. The van der Waals surface area contributed by atoms with E-state index in [0.29, 0.717) is 17.7 Å². The fourth-order valence-electron chi connectivity index (χ4n) is 3.10. The smallest absolute Gasteiger partial charge is 0.255 e. The molecule has 3 rings (SSSR count). The molecule has 1 aliphatic heterocycles. The van der Waals surface area contributed by atoms with Gasteiger partial charge in [-0.05, 0) is 30.9 Å². The summed E-state index contributed by atoms with van der Waals surface area (Å²) in [6.07, 6.45) is 6.32. The van der Waals surface area contributed by atoms with E-state index in [4.69, 9.17) is 0 Å². The van der Waals surface area contributed by atoms with Gasteiger partial charge in [0.15, 0.2) is 0 Å². The lowest BCUT2D eigenvalue weighted by Gasteiger charge is -2.26. The number of likely N-dealkylation sites (tertiary alicyclic amines) is 1. The number of piperidine rings is 1. The number of carbonyl (C=O) groups excluding carboxylic acids is 2. The summed E-state index contributed by atoms with van der Waals surface area (Å²) < 4.78 is 0. The maximum absolute atomic E-state index is 12.7. The summed E-state index contributed by atoms with van der Waals surface area (Å²) in [7, 11) is 1.76. The first-order chi connectivity index (χ1) is 12.1. The van der Waals surface area contributed by atoms with Gasteiger partial charge in [-0.25, -0.2) is 0 Å². The molecule has 25 heavy (non-hydrogen) atoms. The Morgan fingerprint density at radius 3 is 2.44 bits per heavy atom. The van der Waals surface area contributed by atoms with E-state index in [2.05, 4.69) is 4.98 Å². The highest BCUT2D eigenvalue weighted by Crippen LogP contribution is 2.15. The monoisotopic (exact) mass is 337 g/mol. The molecule has 1 aromatic carbocycles. The van der Waals surface area contributed by atoms with Crippen LogP contribution >= 0.6 is 0 Å². The Kier molecular flexibility index (Phi) is 5.43. The van der Waals surface area contributed by atoms with Crippen molar-refractivity contribution < 1.29 is 9.59 Å². The molecule has 0 unspecified atom stereocenters. The molecular formula is C20H23N3O2. The molecule has 2 heterocycles. The second kappa shape index (κ2) is 7.92. The number of nitrogens with zero attached hydrogens (tertiary/aromatic N) is 3. The summed E-state index contributed by atoms with van der Waals surface area (Å²) >= 11 is 0. The fraction of sp³-hybridized carbons (Fsp3) is 0.350. The topological polar surface area (TPSA) is 53.5 Å². The number of benzene rings is 1. The molecule has 0 spiro atoms. The average Bonchev–Trinajstić information content (AvgIpc) is 2.68. The van der Waals surface area contributed by atoms with E-state index >= 15 is 0 Å². The molecule has 2 amide bonds. The Hall–Kier alpha value is -2.69. The highest BCUT2D eigenvalue weighted by molar-refractivity contribution is 5.99. The molecule has 1 saturated heterocycles. The van der Waals surface area contributed by atoms with Gasteiger partial charge < -0.3 is 9.80 Å². The highest BCUT2D eigenvalue weighted by Gasteiger charge is 2.20. The molecule has 0 radical (unpaired) electrons. The minimum atomic E-state index is -0.135. The third kappa shape index (κ3) is 4.24. The van der Waals surface area contributed by atoms with E-state index in [0.717, 1.165) is 31.5 Å². The third-order valence-corrected chi connectivity index (χ3v) is 4.48. The third-order valence-electron chi connectivity index (χ3n) is 4.48. The van der Waals surface area contributed by atoms with Gasteiger partial charge >= 0.3 is 0 Å². The summed E-state index contributed by atoms with van der Waals surface area (Å²) in [5, 5.41) is 0. The van der Waals surface area contributed by atoms with Crippen molar-refractivity contribution >= 4 is 11.8 Å². The SMILES string of the molecule is CN(Cc1ccccc1)C(=O)c1cncc(C(=O)N2CCCCC2)c1. The summed E-state index contributed by atoms with van der Waals surface area (Å²) in [6.45, 7) is 2.08. The van der Waals surface area contributed by atoms with E-state index in [1.165, 1.54) is 12.6 Å². The molecule has 0 aliphatic carbocycles. The van der Waals surface area contributed by atoms with E-state index in [1.54, 1.807) is 24.2 Å². The van der Waals surface area contributed by atoms with Crippen LogP contribution in [0.15, 0.2) is 48.8 Å². The van der Waals surface area contributed by atoms with Crippen molar-refractivity contribution in [3.05, 3.63) is 65.5 Å². The van der Waals surface area contributed by atoms with Crippen molar-refractivity contribution in [3.8, 4) is 0 Å². The van der Waals surface area contributed by atoms with Crippen LogP contribution in [0.5, 0.6) is 0 Å². The Labute approximate surface area is 148 Å². The van der Waals surface area contributed by atoms with Crippen molar-refractivity contribution in [1.82, 2.24) is 14.8 Å². The van der Waals surface area contributed by atoms with Crippen molar-refractivity contribution in [1.29, 1.82) is 0 Å². The molecule has 5 nitrogen and oxygen atoms in total. The molecular weight excluding hydrogens is 314 g/mol. The molecule has 5 heteroatoms. The number of hydrogen-bond donors (Lipinski definition) is 0. The molecule has 2 aromatic rings. The van der Waals surface area contributed by atoms with Gasteiger partial charge in [-0.3, -0.25) is 14.6 Å². The zero-order chi connectivity index (χ0) is 17.6. The molecule has 1 aromatic heterocycles. The van der Waals surface area contributed by atoms with Gasteiger partial charge in [-0.15, -0.1) is 0 Å². The van der Waals surface area contributed by atoms with E-state index in [9.17, 15) is 9.59 Å². The maximum atomic E-state index is 12.7. The quantitative estimate of drug-likeness (QED) is 0.862. The van der Waals surface area contributed by atoms with Crippen LogP contribution in [0.3, 0.4) is 0 Å². The zero-order valence-corrected chi connectivity index (χ0v) is 14.5. The zero-order valence-electron chi connectivity index (χ0n) is 14.5. The molecule has 1 aliphatic rings. The molecule has 0 atom stereocenters. The predicted octanol–water partition coefficient (Wildman–Crippen LogP) is 2.98. The van der Waals surface area contributed by atoms with Crippen LogP contribution in [-0.4, -0.2) is 46.7 Å². The first kappa shape index (κ1) is 17.1. The standard InChI is InChI=1S/C20H23N3O2/c1-22(15-16-8-4-2-5-9-16)19(24)17-12-18(14-21-13-17)20(25)23-10-6-3-7-11-23/h2,4-5,8-9,12-14H,3,6-7,10-11,15H2,1H3. The van der Waals surface area contributed by atoms with Gasteiger partial charge in [0.1, 0.15) is 0 Å². The van der Waals surface area contributed by atoms with Gasteiger partial charge in [0, 0.05) is 39.1 Å². The van der Waals surface area contributed by atoms with Gasteiger partial charge in [0.25, 0.3) is 11.8 Å². The minimum absolute atomic E-state index is 0.0347. The van der Waals surface area contributed by atoms with Crippen LogP contribution in [0, 0.1) is 0 Å². The first-order valence-corrected chi connectivity index (χ1v) is 8.69. The van der Waals surface area contributed by atoms with Gasteiger partial charge in [0.05, 0.1) is 11.1 Å². The fourth-order valence-corrected chi connectivity index (χ4v) is 3.10. The molecule has 1 fully saturated rings. The lowest BCUT2D eigenvalue weighted by atomic mass is 10.1.